The van der Waals surface area contributed by atoms with Crippen LogP contribution < -0.4 is 9.47 Å². The van der Waals surface area contributed by atoms with E-state index in [-0.39, 0.29) is 5.82 Å². The number of methoxy groups -OCH3 is 1. The van der Waals surface area contributed by atoms with Gasteiger partial charge in [0.25, 0.3) is 0 Å². The molecular weight excluding hydrogens is 357 g/mol. The number of rotatable bonds is 10. The van der Waals surface area contributed by atoms with E-state index < -0.39 is 0 Å². The minimum Gasteiger partial charge on any atom is -0.497 e. The molecule has 6 heteroatoms. The van der Waals surface area contributed by atoms with Gasteiger partial charge in [-0.1, -0.05) is 26.0 Å². The molecule has 0 N–H and O–H groups in total. The lowest BCUT2D eigenvalue weighted by molar-refractivity contribution is 0.244. The number of fused-ring (bicyclic) bond motifs is 1. The maximum Gasteiger partial charge on any atom is 0.240 e. The highest BCUT2D eigenvalue weighted by Gasteiger charge is 2.13. The van der Waals surface area contributed by atoms with Crippen LogP contribution in [0.1, 0.15) is 25.8 Å². The fraction of sp³-hybridized carbons (Fsp3) is 0.409. The molecule has 1 aromatic heterocycles. The molecule has 0 atom stereocenters. The summed E-state index contributed by atoms with van der Waals surface area (Å²) < 4.78 is 26.5. The van der Waals surface area contributed by atoms with Crippen molar-refractivity contribution in [2.45, 2.75) is 26.8 Å². The molecule has 3 aromatic rings. The molecule has 28 heavy (non-hydrogen) atoms. The first-order valence-corrected chi connectivity index (χ1v) is 9.78. The van der Waals surface area contributed by atoms with E-state index in [1.54, 1.807) is 19.2 Å². The van der Waals surface area contributed by atoms with Crippen molar-refractivity contribution < 1.29 is 13.9 Å². The second-order valence-corrected chi connectivity index (χ2v) is 6.70. The van der Waals surface area contributed by atoms with Gasteiger partial charge >= 0.3 is 0 Å². The Morgan fingerprint density at radius 2 is 1.82 bits per heavy atom. The van der Waals surface area contributed by atoms with Gasteiger partial charge in [-0.15, -0.1) is 5.10 Å². The Morgan fingerprint density at radius 3 is 2.50 bits per heavy atom. The van der Waals surface area contributed by atoms with Crippen molar-refractivity contribution in [1.29, 1.82) is 0 Å². The molecule has 0 saturated heterocycles. The molecule has 0 saturated carbocycles. The molecule has 0 aliphatic rings. The molecule has 0 amide bonds. The first kappa shape index (κ1) is 20.1. The van der Waals surface area contributed by atoms with Crippen molar-refractivity contribution in [3.05, 3.63) is 53.8 Å². The Hall–Kier alpha value is -2.60. The zero-order valence-corrected chi connectivity index (χ0v) is 16.8. The molecule has 0 aliphatic heterocycles. The van der Waals surface area contributed by atoms with Gasteiger partial charge in [-0.3, -0.25) is 4.68 Å². The van der Waals surface area contributed by atoms with Crippen LogP contribution in [0.2, 0.25) is 0 Å². The van der Waals surface area contributed by atoms with E-state index in [9.17, 15) is 4.39 Å². The largest absolute Gasteiger partial charge is 0.497 e. The Morgan fingerprint density at radius 1 is 1.07 bits per heavy atom. The van der Waals surface area contributed by atoms with E-state index >= 15 is 0 Å². The van der Waals surface area contributed by atoms with E-state index in [2.05, 4.69) is 23.8 Å². The third-order valence-electron chi connectivity index (χ3n) is 4.92. The highest BCUT2D eigenvalue weighted by molar-refractivity contribution is 5.86. The van der Waals surface area contributed by atoms with Crippen molar-refractivity contribution in [2.24, 2.45) is 0 Å². The molecule has 0 spiro atoms. The maximum absolute atomic E-state index is 13.2. The third-order valence-corrected chi connectivity index (χ3v) is 4.92. The monoisotopic (exact) mass is 385 g/mol. The van der Waals surface area contributed by atoms with Gasteiger partial charge in [0.05, 0.1) is 31.2 Å². The van der Waals surface area contributed by atoms with Crippen LogP contribution in [0.15, 0.2) is 42.5 Å². The summed E-state index contributed by atoms with van der Waals surface area (Å²) in [5, 5.41) is 5.59. The number of ether oxygens (including phenoxy) is 2. The summed E-state index contributed by atoms with van der Waals surface area (Å²) in [7, 11) is 1.65. The Kier molecular flexibility index (Phi) is 6.87. The second kappa shape index (κ2) is 9.55. The first-order chi connectivity index (χ1) is 13.6. The highest BCUT2D eigenvalue weighted by atomic mass is 19.1. The van der Waals surface area contributed by atoms with Gasteiger partial charge in [0.15, 0.2) is 0 Å². The molecule has 0 radical (unpaired) electrons. The zero-order valence-electron chi connectivity index (χ0n) is 16.8. The van der Waals surface area contributed by atoms with E-state index in [0.29, 0.717) is 19.0 Å². The van der Waals surface area contributed by atoms with Gasteiger partial charge in [0.1, 0.15) is 11.6 Å². The van der Waals surface area contributed by atoms with Gasteiger partial charge in [0.2, 0.25) is 5.88 Å². The zero-order chi connectivity index (χ0) is 19.9. The van der Waals surface area contributed by atoms with Gasteiger partial charge in [-0.2, -0.15) is 0 Å². The number of nitrogens with zero attached hydrogens (tertiary/aromatic N) is 3. The lowest BCUT2D eigenvalue weighted by atomic mass is 10.2. The van der Waals surface area contributed by atoms with Crippen molar-refractivity contribution in [3.8, 4) is 11.6 Å². The first-order valence-electron chi connectivity index (χ1n) is 9.78. The number of benzene rings is 2. The van der Waals surface area contributed by atoms with Crippen molar-refractivity contribution in [1.82, 2.24) is 14.7 Å². The van der Waals surface area contributed by atoms with Crippen LogP contribution in [-0.2, 0) is 6.54 Å². The predicted molar refractivity (Wildman–Crippen MR) is 110 cm³/mol. The molecule has 150 valence electrons. The molecule has 5 nitrogen and oxygen atoms in total. The minimum atomic E-state index is -0.240. The summed E-state index contributed by atoms with van der Waals surface area (Å²) in [5.41, 5.74) is 1.94. The van der Waals surface area contributed by atoms with Crippen molar-refractivity contribution in [2.75, 3.05) is 33.4 Å². The summed E-state index contributed by atoms with van der Waals surface area (Å²) in [6.07, 6.45) is 0.942. The molecule has 0 fully saturated rings. The molecule has 1 heterocycles. The van der Waals surface area contributed by atoms with Crippen LogP contribution in [0, 0.1) is 5.82 Å². The van der Waals surface area contributed by atoms with Gasteiger partial charge in [-0.25, -0.2) is 4.39 Å². The Balaban J connectivity index is 1.79. The summed E-state index contributed by atoms with van der Waals surface area (Å²) in [6, 6.07) is 12.3. The molecule has 2 aromatic carbocycles. The second-order valence-electron chi connectivity index (χ2n) is 6.70. The lowest BCUT2D eigenvalue weighted by Gasteiger charge is -2.17. The van der Waals surface area contributed by atoms with Crippen LogP contribution in [-0.4, -0.2) is 48.0 Å². The third kappa shape index (κ3) is 4.81. The minimum absolute atomic E-state index is 0.240. The fourth-order valence-electron chi connectivity index (χ4n) is 3.24. The van der Waals surface area contributed by atoms with Gasteiger partial charge < -0.3 is 14.4 Å². The Bertz CT molecular complexity index is 889. The number of hydrogen-bond donors (Lipinski definition) is 0. The molecule has 3 rings (SSSR count). The van der Waals surface area contributed by atoms with Crippen LogP contribution >= 0.6 is 0 Å². The summed E-state index contributed by atoms with van der Waals surface area (Å²) in [4.78, 5) is 2.37. The number of hydrogen-bond acceptors (Lipinski definition) is 4. The molecule has 0 bridgehead atoms. The van der Waals surface area contributed by atoms with Gasteiger partial charge in [0, 0.05) is 6.54 Å². The predicted octanol–water partition coefficient (Wildman–Crippen LogP) is 4.34. The lowest BCUT2D eigenvalue weighted by Crippen LogP contribution is -2.25. The maximum atomic E-state index is 13.2. The number of halogens is 1. The van der Waals surface area contributed by atoms with Crippen LogP contribution in [0.3, 0.4) is 0 Å². The summed E-state index contributed by atoms with van der Waals surface area (Å²) in [5.74, 6) is 1.13. The summed E-state index contributed by atoms with van der Waals surface area (Å²) in [6.45, 7) is 8.58. The quantitative estimate of drug-likeness (QED) is 0.487. The van der Waals surface area contributed by atoms with Crippen LogP contribution in [0.4, 0.5) is 4.39 Å². The normalized spacial score (nSPS) is 11.3. The van der Waals surface area contributed by atoms with Gasteiger partial charge in [-0.05, 0) is 55.4 Å². The van der Waals surface area contributed by atoms with E-state index in [1.165, 1.54) is 12.1 Å². The molecular formula is C22H28FN3O2. The van der Waals surface area contributed by atoms with Crippen molar-refractivity contribution >= 4 is 10.9 Å². The average Bonchev–Trinajstić information content (AvgIpc) is 3.06. The Labute approximate surface area is 165 Å². The molecule has 0 aliphatic carbocycles. The van der Waals surface area contributed by atoms with Crippen LogP contribution in [0.5, 0.6) is 11.6 Å². The summed E-state index contributed by atoms with van der Waals surface area (Å²) >= 11 is 0. The van der Waals surface area contributed by atoms with E-state index in [0.717, 1.165) is 48.3 Å². The van der Waals surface area contributed by atoms with E-state index in [4.69, 9.17) is 9.47 Å². The highest BCUT2D eigenvalue weighted by Crippen LogP contribution is 2.29. The van der Waals surface area contributed by atoms with Crippen molar-refractivity contribution in [3.63, 3.8) is 0 Å². The topological polar surface area (TPSA) is 39.5 Å². The number of aromatic nitrogens is 2. The van der Waals surface area contributed by atoms with Crippen LogP contribution in [0.25, 0.3) is 10.9 Å². The SMILES string of the molecule is CCN(CC)CCCOc1nn(Cc2ccc(F)cc2)c2ccc(OC)cc12. The fourth-order valence-corrected chi connectivity index (χ4v) is 3.24. The van der Waals surface area contributed by atoms with E-state index in [1.807, 2.05) is 22.9 Å². The smallest absolute Gasteiger partial charge is 0.240 e. The standard InChI is InChI=1S/C22H28FN3O2/c1-4-25(5-2)13-6-14-28-22-20-15-19(27-3)11-12-21(20)26(24-22)16-17-7-9-18(23)10-8-17/h7-12,15H,4-6,13-14,16H2,1-3H3. The molecule has 0 unspecified atom stereocenters. The average molecular weight is 385 g/mol.